The number of aliphatic imine (C=N–C) groups is 1. The molecule has 1 spiro atoms. The van der Waals surface area contributed by atoms with Crippen molar-refractivity contribution in [2.75, 3.05) is 27.2 Å². The molecular weight excluding hydrogens is 374 g/mol. The average molecular weight is 408 g/mol. The predicted octanol–water partition coefficient (Wildman–Crippen LogP) is 4.26. The molecule has 160 valence electrons. The molecule has 0 aromatic heterocycles. The molecule has 1 fully saturated rings. The van der Waals surface area contributed by atoms with Crippen LogP contribution in [0.15, 0.2) is 46.7 Å². The highest BCUT2D eigenvalue weighted by Gasteiger charge is 2.45. The molecule has 0 radical (unpaired) electrons. The van der Waals surface area contributed by atoms with Crippen molar-refractivity contribution in [1.82, 2.24) is 9.80 Å². The lowest BCUT2D eigenvalue weighted by Crippen LogP contribution is -2.52. The van der Waals surface area contributed by atoms with Gasteiger partial charge in [0.25, 0.3) is 5.91 Å². The Morgan fingerprint density at radius 2 is 1.87 bits per heavy atom. The van der Waals surface area contributed by atoms with E-state index in [-0.39, 0.29) is 17.6 Å². The first-order valence-electron chi connectivity index (χ1n) is 11.0. The van der Waals surface area contributed by atoms with Crippen molar-refractivity contribution in [2.45, 2.75) is 58.1 Å². The number of carbonyl (C=O) groups excluding carboxylic acids is 1. The number of ether oxygens (including phenoxy) is 1. The van der Waals surface area contributed by atoms with Gasteiger partial charge < -0.3 is 14.5 Å². The zero-order valence-electron chi connectivity index (χ0n) is 18.9. The Morgan fingerprint density at radius 3 is 2.47 bits per heavy atom. The number of hydrogen-bond donors (Lipinski definition) is 0. The van der Waals surface area contributed by atoms with E-state index in [9.17, 15) is 4.79 Å². The van der Waals surface area contributed by atoms with Gasteiger partial charge in [-0.05, 0) is 52.2 Å². The second-order valence-corrected chi connectivity index (χ2v) is 8.88. The largest absolute Gasteiger partial charge is 0.381 e. The first kappa shape index (κ1) is 20.9. The van der Waals surface area contributed by atoms with Gasteiger partial charge in [0.15, 0.2) is 0 Å². The third-order valence-corrected chi connectivity index (χ3v) is 6.79. The smallest absolute Gasteiger partial charge is 0.253 e. The minimum absolute atomic E-state index is 0.133. The van der Waals surface area contributed by atoms with E-state index in [1.165, 1.54) is 11.4 Å². The van der Waals surface area contributed by atoms with E-state index < -0.39 is 0 Å². The molecule has 4 rings (SSSR count). The molecule has 1 unspecified atom stereocenters. The van der Waals surface area contributed by atoms with Crippen molar-refractivity contribution in [3.8, 4) is 0 Å². The van der Waals surface area contributed by atoms with Crippen LogP contribution in [-0.4, -0.2) is 60.3 Å². The molecule has 1 aromatic rings. The second-order valence-electron chi connectivity index (χ2n) is 8.88. The number of likely N-dealkylation sites (N-methyl/N-ethyl adjacent to an activating group) is 1. The number of likely N-dealkylation sites (tertiary alicyclic amines) is 1. The van der Waals surface area contributed by atoms with Crippen molar-refractivity contribution in [3.63, 3.8) is 0 Å². The molecule has 1 atom stereocenters. The summed E-state index contributed by atoms with van der Waals surface area (Å²) in [5.41, 5.74) is 6.44. The van der Waals surface area contributed by atoms with Gasteiger partial charge in [0.05, 0.1) is 17.5 Å². The lowest BCUT2D eigenvalue weighted by atomic mass is 9.80. The number of methoxy groups -OCH3 is 1. The Balaban J connectivity index is 1.58. The standard InChI is InChI=1S/C25H33N3O2/c1-6-23-25(26-21-16-20(30-5)7-8-22(21)27(23)4)9-11-28(12-10-25)24(29)19-14-17(2)13-18(3)15-19/h6,8,13-15,20H,7,9-12,16H2,1-5H3. The Hall–Kier alpha value is -2.40. The van der Waals surface area contributed by atoms with E-state index in [4.69, 9.17) is 9.73 Å². The van der Waals surface area contributed by atoms with Gasteiger partial charge in [0, 0.05) is 44.9 Å². The number of amides is 1. The molecule has 0 saturated carbocycles. The van der Waals surface area contributed by atoms with Crippen LogP contribution >= 0.6 is 0 Å². The number of allylic oxidation sites excluding steroid dienone is 2. The molecule has 1 aromatic carbocycles. The summed E-state index contributed by atoms with van der Waals surface area (Å²) in [5, 5.41) is 0. The monoisotopic (exact) mass is 407 g/mol. The van der Waals surface area contributed by atoms with Crippen LogP contribution in [-0.2, 0) is 4.74 Å². The number of rotatable bonds is 2. The first-order valence-corrected chi connectivity index (χ1v) is 11.0. The molecule has 1 amide bonds. The van der Waals surface area contributed by atoms with Crippen LogP contribution in [0.3, 0.4) is 0 Å². The first-order chi connectivity index (χ1) is 14.4. The molecule has 5 nitrogen and oxygen atoms in total. The highest BCUT2D eigenvalue weighted by atomic mass is 16.5. The number of nitrogens with zero attached hydrogens (tertiary/aromatic N) is 3. The number of aryl methyl sites for hydroxylation is 2. The summed E-state index contributed by atoms with van der Waals surface area (Å²) in [5.74, 6) is 0.133. The van der Waals surface area contributed by atoms with Gasteiger partial charge in [-0.15, -0.1) is 0 Å². The summed E-state index contributed by atoms with van der Waals surface area (Å²) in [7, 11) is 3.93. The number of benzene rings is 1. The minimum Gasteiger partial charge on any atom is -0.381 e. The maximum atomic E-state index is 13.1. The molecule has 1 aliphatic carbocycles. The highest BCUT2D eigenvalue weighted by molar-refractivity contribution is 6.02. The molecule has 1 saturated heterocycles. The Morgan fingerprint density at radius 1 is 1.20 bits per heavy atom. The highest BCUT2D eigenvalue weighted by Crippen LogP contribution is 2.42. The van der Waals surface area contributed by atoms with Crippen molar-refractivity contribution in [1.29, 1.82) is 0 Å². The van der Waals surface area contributed by atoms with E-state index in [0.717, 1.165) is 61.2 Å². The maximum absolute atomic E-state index is 13.1. The number of hydrogen-bond acceptors (Lipinski definition) is 4. The molecule has 0 N–H and O–H groups in total. The molecule has 5 heteroatoms. The van der Waals surface area contributed by atoms with Crippen LogP contribution in [0.5, 0.6) is 0 Å². The van der Waals surface area contributed by atoms with Crippen LogP contribution < -0.4 is 0 Å². The minimum atomic E-state index is -0.245. The fraction of sp³-hybridized carbons (Fsp3) is 0.520. The van der Waals surface area contributed by atoms with Crippen LogP contribution in [0, 0.1) is 13.8 Å². The van der Waals surface area contributed by atoms with Gasteiger partial charge in [-0.2, -0.15) is 0 Å². The molecule has 2 aliphatic heterocycles. The SMILES string of the molecule is CC=C1N(C)C2=CCC(OC)CC2=NC12CCN(C(=O)c1cc(C)cc(C)c1)CC2. The quantitative estimate of drug-likeness (QED) is 0.736. The summed E-state index contributed by atoms with van der Waals surface area (Å²) in [4.78, 5) is 22.8. The van der Waals surface area contributed by atoms with Gasteiger partial charge in [-0.3, -0.25) is 9.79 Å². The third kappa shape index (κ3) is 3.60. The van der Waals surface area contributed by atoms with Gasteiger partial charge in [-0.1, -0.05) is 29.3 Å². The zero-order valence-corrected chi connectivity index (χ0v) is 18.9. The summed E-state index contributed by atoms with van der Waals surface area (Å²) in [6, 6.07) is 6.10. The van der Waals surface area contributed by atoms with Gasteiger partial charge in [0.2, 0.25) is 0 Å². The Labute approximate surface area is 180 Å². The molecule has 2 heterocycles. The van der Waals surface area contributed by atoms with Gasteiger partial charge in [0.1, 0.15) is 5.54 Å². The molecule has 30 heavy (non-hydrogen) atoms. The molecule has 0 bridgehead atoms. The number of fused-ring (bicyclic) bond motifs is 1. The van der Waals surface area contributed by atoms with E-state index in [2.05, 4.69) is 37.1 Å². The zero-order chi connectivity index (χ0) is 21.5. The molecule has 3 aliphatic rings. The van der Waals surface area contributed by atoms with Crippen molar-refractivity contribution < 1.29 is 9.53 Å². The number of piperidine rings is 1. The fourth-order valence-electron chi connectivity index (χ4n) is 5.33. The van der Waals surface area contributed by atoms with E-state index in [0.29, 0.717) is 0 Å². The van der Waals surface area contributed by atoms with E-state index in [1.54, 1.807) is 7.11 Å². The molecular formula is C25H33N3O2. The predicted molar refractivity (Wildman–Crippen MR) is 121 cm³/mol. The number of carbonyl (C=O) groups is 1. The van der Waals surface area contributed by atoms with Gasteiger partial charge >= 0.3 is 0 Å². The summed E-state index contributed by atoms with van der Waals surface area (Å²) >= 11 is 0. The van der Waals surface area contributed by atoms with Crippen LogP contribution in [0.1, 0.15) is 54.1 Å². The van der Waals surface area contributed by atoms with Crippen LogP contribution in [0.4, 0.5) is 0 Å². The van der Waals surface area contributed by atoms with Crippen LogP contribution in [0.2, 0.25) is 0 Å². The average Bonchev–Trinajstić information content (AvgIpc) is 2.73. The van der Waals surface area contributed by atoms with Gasteiger partial charge in [-0.25, -0.2) is 0 Å². The normalized spacial score (nSPS) is 24.6. The second kappa shape index (κ2) is 8.03. The topological polar surface area (TPSA) is 45.1 Å². The fourth-order valence-corrected chi connectivity index (χ4v) is 5.33. The maximum Gasteiger partial charge on any atom is 0.253 e. The Kier molecular flexibility index (Phi) is 5.58. The summed E-state index contributed by atoms with van der Waals surface area (Å²) < 4.78 is 5.61. The van der Waals surface area contributed by atoms with E-state index >= 15 is 0 Å². The van der Waals surface area contributed by atoms with Crippen molar-refractivity contribution in [3.05, 3.63) is 58.4 Å². The third-order valence-electron chi connectivity index (χ3n) is 6.79. The Bertz CT molecular complexity index is 915. The van der Waals surface area contributed by atoms with Crippen molar-refractivity contribution >= 4 is 11.6 Å². The lowest BCUT2D eigenvalue weighted by molar-refractivity contribution is 0.0675. The van der Waals surface area contributed by atoms with Crippen molar-refractivity contribution in [2.24, 2.45) is 4.99 Å². The lowest BCUT2D eigenvalue weighted by Gasteiger charge is -2.48. The summed E-state index contributed by atoms with van der Waals surface area (Å²) in [6.45, 7) is 7.64. The van der Waals surface area contributed by atoms with Crippen LogP contribution in [0.25, 0.3) is 0 Å². The summed E-state index contributed by atoms with van der Waals surface area (Å²) in [6.07, 6.45) is 8.14. The van der Waals surface area contributed by atoms with E-state index in [1.807, 2.05) is 30.9 Å².